The topological polar surface area (TPSA) is 42.7 Å². The Morgan fingerprint density at radius 2 is 2.44 bits per heavy atom. The van der Waals surface area contributed by atoms with Crippen molar-refractivity contribution in [1.82, 2.24) is 20.1 Å². The summed E-state index contributed by atoms with van der Waals surface area (Å²) in [5.41, 5.74) is 1.27. The second-order valence-corrected chi connectivity index (χ2v) is 4.74. The molecule has 0 saturated carbocycles. The molecule has 2 aromatic heterocycles. The minimum Gasteiger partial charge on any atom is -0.308 e. The zero-order chi connectivity index (χ0) is 11.4. The summed E-state index contributed by atoms with van der Waals surface area (Å²) in [6.45, 7) is 3.09. The molecule has 0 saturated heterocycles. The van der Waals surface area contributed by atoms with Crippen molar-refractivity contribution in [1.29, 1.82) is 0 Å². The Morgan fingerprint density at radius 1 is 1.56 bits per heavy atom. The lowest BCUT2D eigenvalue weighted by molar-refractivity contribution is 0.574. The van der Waals surface area contributed by atoms with Gasteiger partial charge in [0.15, 0.2) is 0 Å². The van der Waals surface area contributed by atoms with E-state index in [2.05, 4.69) is 28.5 Å². The third-order valence-electron chi connectivity index (χ3n) is 2.44. The van der Waals surface area contributed by atoms with E-state index in [1.807, 2.05) is 29.5 Å². The number of nitrogens with zero attached hydrogens (tertiary/aromatic N) is 3. The molecule has 5 heteroatoms. The van der Waals surface area contributed by atoms with E-state index in [0.29, 0.717) is 6.04 Å². The van der Waals surface area contributed by atoms with Gasteiger partial charge in [-0.2, -0.15) is 5.10 Å². The summed E-state index contributed by atoms with van der Waals surface area (Å²) in [7, 11) is 1.94. The molecule has 0 bridgehead atoms. The van der Waals surface area contributed by atoms with Gasteiger partial charge < -0.3 is 5.32 Å². The number of hydrogen-bond donors (Lipinski definition) is 1. The number of hydrogen-bond acceptors (Lipinski definition) is 4. The standard InChI is InChI=1S/C11H16N4S/c1-9(11-13-5-6-16-11)12-4-3-10-7-14-15(2)8-10/h5-9,12H,3-4H2,1-2H3. The van der Waals surface area contributed by atoms with Crippen LogP contribution in [0.2, 0.25) is 0 Å². The largest absolute Gasteiger partial charge is 0.308 e. The highest BCUT2D eigenvalue weighted by Gasteiger charge is 2.06. The predicted molar refractivity (Wildman–Crippen MR) is 65.4 cm³/mol. The molecule has 2 aromatic rings. The van der Waals surface area contributed by atoms with E-state index in [0.717, 1.165) is 18.0 Å². The zero-order valence-corrected chi connectivity index (χ0v) is 10.4. The van der Waals surface area contributed by atoms with E-state index < -0.39 is 0 Å². The molecule has 0 aliphatic heterocycles. The number of rotatable bonds is 5. The van der Waals surface area contributed by atoms with E-state index in [-0.39, 0.29) is 0 Å². The van der Waals surface area contributed by atoms with Crippen LogP contribution in [0, 0.1) is 0 Å². The van der Waals surface area contributed by atoms with Crippen LogP contribution in [0.1, 0.15) is 23.5 Å². The average molecular weight is 236 g/mol. The highest BCUT2D eigenvalue weighted by atomic mass is 32.1. The maximum atomic E-state index is 4.29. The van der Waals surface area contributed by atoms with Gasteiger partial charge in [-0.05, 0) is 25.5 Å². The summed E-state index contributed by atoms with van der Waals surface area (Å²) in [6.07, 6.45) is 6.81. The van der Waals surface area contributed by atoms with Gasteiger partial charge in [-0.1, -0.05) is 0 Å². The third kappa shape index (κ3) is 2.90. The van der Waals surface area contributed by atoms with Gasteiger partial charge >= 0.3 is 0 Å². The Bertz CT molecular complexity index is 421. The van der Waals surface area contributed by atoms with Gasteiger partial charge in [-0.3, -0.25) is 4.68 Å². The smallest absolute Gasteiger partial charge is 0.109 e. The summed E-state index contributed by atoms with van der Waals surface area (Å²) >= 11 is 1.69. The molecule has 0 amide bonds. The lowest BCUT2D eigenvalue weighted by Crippen LogP contribution is -2.21. The Hall–Kier alpha value is -1.20. The van der Waals surface area contributed by atoms with Crippen molar-refractivity contribution in [2.24, 2.45) is 7.05 Å². The second kappa shape index (κ2) is 5.23. The maximum Gasteiger partial charge on any atom is 0.109 e. The molecule has 1 atom stereocenters. The maximum absolute atomic E-state index is 4.29. The molecule has 1 unspecified atom stereocenters. The van der Waals surface area contributed by atoms with Crippen molar-refractivity contribution in [3.05, 3.63) is 34.5 Å². The van der Waals surface area contributed by atoms with Crippen LogP contribution in [0.4, 0.5) is 0 Å². The van der Waals surface area contributed by atoms with Crippen molar-refractivity contribution < 1.29 is 0 Å². The van der Waals surface area contributed by atoms with Crippen LogP contribution in [0.3, 0.4) is 0 Å². The Kier molecular flexibility index (Phi) is 3.69. The van der Waals surface area contributed by atoms with E-state index in [4.69, 9.17) is 0 Å². The quantitative estimate of drug-likeness (QED) is 0.860. The molecular weight excluding hydrogens is 220 g/mol. The molecule has 0 spiro atoms. The average Bonchev–Trinajstić information content (AvgIpc) is 2.89. The van der Waals surface area contributed by atoms with E-state index >= 15 is 0 Å². The van der Waals surface area contributed by atoms with E-state index in [1.165, 1.54) is 5.56 Å². The van der Waals surface area contributed by atoms with Gasteiger partial charge in [0, 0.05) is 24.8 Å². The van der Waals surface area contributed by atoms with Crippen molar-refractivity contribution >= 4 is 11.3 Å². The van der Waals surface area contributed by atoms with Crippen molar-refractivity contribution in [3.63, 3.8) is 0 Å². The van der Waals surface area contributed by atoms with Crippen LogP contribution >= 0.6 is 11.3 Å². The molecule has 1 N–H and O–H groups in total. The van der Waals surface area contributed by atoms with E-state index in [1.54, 1.807) is 11.3 Å². The van der Waals surface area contributed by atoms with Crippen LogP contribution in [-0.2, 0) is 13.5 Å². The fourth-order valence-corrected chi connectivity index (χ4v) is 2.24. The fraction of sp³-hybridized carbons (Fsp3) is 0.455. The Morgan fingerprint density at radius 3 is 3.06 bits per heavy atom. The first-order valence-corrected chi connectivity index (χ1v) is 6.24. The van der Waals surface area contributed by atoms with Gasteiger partial charge in [0.25, 0.3) is 0 Å². The zero-order valence-electron chi connectivity index (χ0n) is 9.55. The third-order valence-corrected chi connectivity index (χ3v) is 3.40. The van der Waals surface area contributed by atoms with E-state index in [9.17, 15) is 0 Å². The van der Waals surface area contributed by atoms with Crippen LogP contribution in [-0.4, -0.2) is 21.3 Å². The highest BCUT2D eigenvalue weighted by Crippen LogP contribution is 2.14. The van der Waals surface area contributed by atoms with Crippen LogP contribution < -0.4 is 5.32 Å². The van der Waals surface area contributed by atoms with Crippen molar-refractivity contribution in [3.8, 4) is 0 Å². The Balaban J connectivity index is 1.76. The summed E-state index contributed by atoms with van der Waals surface area (Å²) in [4.78, 5) is 4.29. The summed E-state index contributed by atoms with van der Waals surface area (Å²) in [6, 6.07) is 0.330. The van der Waals surface area contributed by atoms with Crippen LogP contribution in [0.15, 0.2) is 24.0 Å². The van der Waals surface area contributed by atoms with Gasteiger partial charge in [0.05, 0.1) is 12.2 Å². The van der Waals surface area contributed by atoms with Crippen molar-refractivity contribution in [2.75, 3.05) is 6.54 Å². The molecular formula is C11H16N4S. The fourth-order valence-electron chi connectivity index (χ4n) is 1.57. The number of aromatic nitrogens is 3. The molecule has 0 radical (unpaired) electrons. The molecule has 86 valence electrons. The number of nitrogens with one attached hydrogen (secondary N) is 1. The minimum atomic E-state index is 0.330. The second-order valence-electron chi connectivity index (χ2n) is 3.82. The first kappa shape index (κ1) is 11.3. The lowest BCUT2D eigenvalue weighted by atomic mass is 10.2. The SMILES string of the molecule is CC(NCCc1cnn(C)c1)c1nccs1. The van der Waals surface area contributed by atoms with Gasteiger partial charge in [0.1, 0.15) is 5.01 Å². The van der Waals surface area contributed by atoms with Crippen LogP contribution in [0.5, 0.6) is 0 Å². The predicted octanol–water partition coefficient (Wildman–Crippen LogP) is 1.77. The first-order valence-electron chi connectivity index (χ1n) is 5.36. The molecule has 0 aliphatic rings. The van der Waals surface area contributed by atoms with Gasteiger partial charge in [-0.25, -0.2) is 4.98 Å². The molecule has 0 fully saturated rings. The van der Waals surface area contributed by atoms with Gasteiger partial charge in [0.2, 0.25) is 0 Å². The Labute approximate surface area is 99.3 Å². The molecule has 16 heavy (non-hydrogen) atoms. The highest BCUT2D eigenvalue weighted by molar-refractivity contribution is 7.09. The molecule has 0 aromatic carbocycles. The summed E-state index contributed by atoms with van der Waals surface area (Å²) in [5, 5.41) is 10.7. The van der Waals surface area contributed by atoms with Crippen LogP contribution in [0.25, 0.3) is 0 Å². The molecule has 0 aliphatic carbocycles. The first-order chi connectivity index (χ1) is 7.75. The number of aryl methyl sites for hydroxylation is 1. The normalized spacial score (nSPS) is 12.9. The van der Waals surface area contributed by atoms with Crippen molar-refractivity contribution in [2.45, 2.75) is 19.4 Å². The molecule has 4 nitrogen and oxygen atoms in total. The summed E-state index contributed by atoms with van der Waals surface area (Å²) < 4.78 is 1.83. The molecule has 2 rings (SSSR count). The van der Waals surface area contributed by atoms with Gasteiger partial charge in [-0.15, -0.1) is 11.3 Å². The lowest BCUT2D eigenvalue weighted by Gasteiger charge is -2.09. The molecule has 2 heterocycles. The minimum absolute atomic E-state index is 0.330. The monoisotopic (exact) mass is 236 g/mol. The number of thiazole rings is 1. The summed E-state index contributed by atoms with van der Waals surface area (Å²) in [5.74, 6) is 0.